The predicted molar refractivity (Wildman–Crippen MR) is 159 cm³/mol. The molecule has 1 aromatic carbocycles. The van der Waals surface area contributed by atoms with Crippen LogP contribution in [0.15, 0.2) is 36.5 Å². The van der Waals surface area contributed by atoms with Crippen molar-refractivity contribution in [3.8, 4) is 5.75 Å². The molecule has 3 saturated heterocycles. The van der Waals surface area contributed by atoms with Gasteiger partial charge in [0.15, 0.2) is 0 Å². The van der Waals surface area contributed by atoms with Gasteiger partial charge >= 0.3 is 0 Å². The molecule has 0 unspecified atom stereocenters. The SMILES string of the molecule is O=C1NCCOCCOCC(=O)N2CCN(C3CCC(F)(F)CC3)C[C@H]2C(=O)N2C[C@@H](n3cc(COc4ccccc4)nn3)C[C@@H]12. The van der Waals surface area contributed by atoms with Gasteiger partial charge in [-0.1, -0.05) is 23.4 Å². The third kappa shape index (κ3) is 7.64. The highest BCUT2D eigenvalue weighted by Gasteiger charge is 2.47. The second-order valence-electron chi connectivity index (χ2n) is 12.3. The van der Waals surface area contributed by atoms with E-state index in [-0.39, 0.29) is 102 Å². The molecule has 15 heteroatoms. The Morgan fingerprint density at radius 1 is 0.935 bits per heavy atom. The molecule has 4 fully saturated rings. The van der Waals surface area contributed by atoms with Crippen LogP contribution in [-0.4, -0.2) is 131 Å². The van der Waals surface area contributed by atoms with E-state index in [1.165, 1.54) is 9.80 Å². The van der Waals surface area contributed by atoms with Gasteiger partial charge < -0.3 is 29.3 Å². The quantitative estimate of drug-likeness (QED) is 0.511. The summed E-state index contributed by atoms with van der Waals surface area (Å²) in [7, 11) is 0. The number of carbonyl (C=O) groups excluding carboxylic acids is 3. The number of aromatic nitrogens is 3. The second kappa shape index (κ2) is 14.4. The van der Waals surface area contributed by atoms with E-state index in [1.54, 1.807) is 10.9 Å². The summed E-state index contributed by atoms with van der Waals surface area (Å²) in [5.74, 6) is -2.99. The number of halogens is 2. The number of nitrogens with zero attached hydrogens (tertiary/aromatic N) is 6. The topological polar surface area (TPSA) is 131 Å². The van der Waals surface area contributed by atoms with E-state index in [0.29, 0.717) is 37.3 Å². The lowest BCUT2D eigenvalue weighted by molar-refractivity contribution is -0.155. The zero-order valence-corrected chi connectivity index (χ0v) is 25.8. The molecule has 250 valence electrons. The summed E-state index contributed by atoms with van der Waals surface area (Å²) in [5.41, 5.74) is 0.596. The molecular formula is C31H41F2N7O6. The molecule has 0 bridgehead atoms. The number of rotatable bonds is 5. The van der Waals surface area contributed by atoms with Crippen molar-refractivity contribution in [2.45, 2.75) is 68.8 Å². The normalized spacial score (nSPS) is 27.3. The lowest BCUT2D eigenvalue weighted by Gasteiger charge is -2.46. The molecule has 0 spiro atoms. The van der Waals surface area contributed by atoms with Crippen molar-refractivity contribution < 1.29 is 37.4 Å². The molecule has 3 atom stereocenters. The summed E-state index contributed by atoms with van der Waals surface area (Å²) in [6.45, 7) is 2.05. The maximum absolute atomic E-state index is 14.4. The van der Waals surface area contributed by atoms with Crippen LogP contribution < -0.4 is 10.1 Å². The molecule has 1 aromatic heterocycles. The Hall–Kier alpha value is -3.69. The molecule has 0 radical (unpaired) electrons. The fourth-order valence-electron chi connectivity index (χ4n) is 6.78. The van der Waals surface area contributed by atoms with Crippen LogP contribution >= 0.6 is 0 Å². The lowest BCUT2D eigenvalue weighted by Crippen LogP contribution is -2.64. The van der Waals surface area contributed by atoms with Crippen molar-refractivity contribution in [1.82, 2.24) is 35.0 Å². The second-order valence-corrected chi connectivity index (χ2v) is 12.3. The highest BCUT2D eigenvalue weighted by atomic mass is 19.3. The monoisotopic (exact) mass is 645 g/mol. The van der Waals surface area contributed by atoms with Gasteiger partial charge in [0.25, 0.3) is 0 Å². The van der Waals surface area contributed by atoms with Gasteiger partial charge in [-0.15, -0.1) is 5.10 Å². The minimum Gasteiger partial charge on any atom is -0.487 e. The Morgan fingerprint density at radius 2 is 1.72 bits per heavy atom. The molecule has 6 rings (SSSR count). The van der Waals surface area contributed by atoms with Crippen molar-refractivity contribution in [3.05, 3.63) is 42.2 Å². The molecule has 1 N–H and O–H groups in total. The molecular weight excluding hydrogens is 604 g/mol. The minimum absolute atomic E-state index is 0.105. The lowest BCUT2D eigenvalue weighted by atomic mass is 9.90. The first kappa shape index (κ1) is 32.3. The van der Waals surface area contributed by atoms with Crippen LogP contribution in [0.1, 0.15) is 43.8 Å². The fourth-order valence-corrected chi connectivity index (χ4v) is 6.78. The number of para-hydroxylation sites is 1. The first-order valence-electron chi connectivity index (χ1n) is 16.0. The number of alkyl halides is 2. The van der Waals surface area contributed by atoms with Crippen LogP contribution in [0.25, 0.3) is 0 Å². The molecule has 4 heterocycles. The Bertz CT molecular complexity index is 1350. The van der Waals surface area contributed by atoms with Gasteiger partial charge in [-0.05, 0) is 25.0 Å². The Kier molecular flexibility index (Phi) is 10.1. The summed E-state index contributed by atoms with van der Waals surface area (Å²) in [4.78, 5) is 46.4. The largest absolute Gasteiger partial charge is 0.487 e. The number of benzene rings is 1. The van der Waals surface area contributed by atoms with Crippen LogP contribution in [0.3, 0.4) is 0 Å². The molecule has 2 aromatic rings. The maximum atomic E-state index is 14.4. The van der Waals surface area contributed by atoms with Crippen molar-refractivity contribution in [1.29, 1.82) is 0 Å². The van der Waals surface area contributed by atoms with E-state index in [1.807, 2.05) is 30.3 Å². The van der Waals surface area contributed by atoms with Gasteiger partial charge in [-0.2, -0.15) is 0 Å². The molecule has 3 amide bonds. The smallest absolute Gasteiger partial charge is 0.249 e. The number of fused-ring (bicyclic) bond motifs is 2. The third-order valence-corrected chi connectivity index (χ3v) is 9.29. The summed E-state index contributed by atoms with van der Waals surface area (Å²) in [6.07, 6.45) is 2.31. The number of hydrogen-bond donors (Lipinski definition) is 1. The molecule has 46 heavy (non-hydrogen) atoms. The number of ether oxygens (including phenoxy) is 3. The van der Waals surface area contributed by atoms with Gasteiger partial charge in [0.2, 0.25) is 23.6 Å². The Labute approximate surface area is 266 Å². The van der Waals surface area contributed by atoms with Crippen LogP contribution in [0.4, 0.5) is 8.78 Å². The van der Waals surface area contributed by atoms with Crippen molar-refractivity contribution in [2.75, 3.05) is 59.2 Å². The van der Waals surface area contributed by atoms with E-state index < -0.39 is 18.0 Å². The van der Waals surface area contributed by atoms with Gasteiger partial charge in [0.05, 0.1) is 32.1 Å². The van der Waals surface area contributed by atoms with Gasteiger partial charge in [-0.3, -0.25) is 19.3 Å². The summed E-state index contributed by atoms with van der Waals surface area (Å²) in [6, 6.07) is 7.18. The van der Waals surface area contributed by atoms with Gasteiger partial charge in [0.1, 0.15) is 36.7 Å². The fraction of sp³-hybridized carbons (Fsp3) is 0.645. The predicted octanol–water partition coefficient (Wildman–Crippen LogP) is 1.25. The van der Waals surface area contributed by atoms with Crippen LogP contribution in [0, 0.1) is 0 Å². The first-order valence-corrected chi connectivity index (χ1v) is 16.0. The number of hydrogen-bond acceptors (Lipinski definition) is 9. The summed E-state index contributed by atoms with van der Waals surface area (Å²) in [5, 5.41) is 11.4. The molecule has 4 aliphatic rings. The summed E-state index contributed by atoms with van der Waals surface area (Å²) >= 11 is 0. The standard InChI is InChI=1S/C31H41F2N7O6/c32-31(33)8-6-23(7-9-31)37-11-12-38-27(19-37)30(43)39-18-24(40-17-22(35-36-40)20-46-25-4-2-1-3-5-25)16-26(39)29(42)34-10-13-44-14-15-45-21-28(38)41/h1-5,17,23-24,26-27H,6-16,18-21H2,(H,34,42)/t24-,26-,27-/m0/s1. The first-order chi connectivity index (χ1) is 22.3. The Balaban J connectivity index is 1.21. The molecule has 13 nitrogen and oxygen atoms in total. The van der Waals surface area contributed by atoms with E-state index >= 15 is 0 Å². The average Bonchev–Trinajstić information content (AvgIpc) is 3.72. The molecule has 1 saturated carbocycles. The van der Waals surface area contributed by atoms with Crippen LogP contribution in [0.2, 0.25) is 0 Å². The van der Waals surface area contributed by atoms with E-state index in [9.17, 15) is 23.2 Å². The summed E-state index contributed by atoms with van der Waals surface area (Å²) < 4.78 is 46.4. The number of piperazine rings is 1. The van der Waals surface area contributed by atoms with Crippen molar-refractivity contribution in [2.24, 2.45) is 0 Å². The highest BCUT2D eigenvalue weighted by molar-refractivity contribution is 5.93. The average molecular weight is 646 g/mol. The number of carbonyl (C=O) groups is 3. The van der Waals surface area contributed by atoms with Crippen LogP contribution in [-0.2, 0) is 30.5 Å². The van der Waals surface area contributed by atoms with E-state index in [4.69, 9.17) is 14.2 Å². The number of nitrogens with one attached hydrogen (secondary N) is 1. The van der Waals surface area contributed by atoms with Crippen LogP contribution in [0.5, 0.6) is 5.75 Å². The van der Waals surface area contributed by atoms with Gasteiger partial charge in [0, 0.05) is 58.0 Å². The number of amides is 3. The van der Waals surface area contributed by atoms with Gasteiger partial charge in [-0.25, -0.2) is 13.5 Å². The third-order valence-electron chi connectivity index (χ3n) is 9.29. The Morgan fingerprint density at radius 3 is 2.52 bits per heavy atom. The zero-order valence-electron chi connectivity index (χ0n) is 25.8. The van der Waals surface area contributed by atoms with E-state index in [0.717, 1.165) is 0 Å². The zero-order chi connectivity index (χ0) is 32.1. The van der Waals surface area contributed by atoms with Crippen molar-refractivity contribution >= 4 is 17.7 Å². The highest BCUT2D eigenvalue weighted by Crippen LogP contribution is 2.36. The molecule has 3 aliphatic heterocycles. The van der Waals surface area contributed by atoms with E-state index in [2.05, 4.69) is 20.5 Å². The maximum Gasteiger partial charge on any atom is 0.249 e. The molecule has 1 aliphatic carbocycles. The van der Waals surface area contributed by atoms with Crippen molar-refractivity contribution in [3.63, 3.8) is 0 Å². The minimum atomic E-state index is -2.67.